The molecule has 1 aliphatic heterocycles. The van der Waals surface area contributed by atoms with Crippen LogP contribution in [0.2, 0.25) is 0 Å². The van der Waals surface area contributed by atoms with E-state index in [4.69, 9.17) is 5.11 Å². The van der Waals surface area contributed by atoms with Gasteiger partial charge in [0.1, 0.15) is 0 Å². The molecule has 1 saturated heterocycles. The average Bonchev–Trinajstić information content (AvgIpc) is 2.03. The zero-order valence-electron chi connectivity index (χ0n) is 6.91. The number of rotatable bonds is 3. The molecule has 70 valence electrons. The van der Waals surface area contributed by atoms with E-state index in [0.29, 0.717) is 6.42 Å². The van der Waals surface area contributed by atoms with Crippen molar-refractivity contribution in [3.63, 3.8) is 0 Å². The van der Waals surface area contributed by atoms with E-state index in [0.717, 1.165) is 16.6 Å². The van der Waals surface area contributed by atoms with E-state index < -0.39 is 5.97 Å². The van der Waals surface area contributed by atoms with Gasteiger partial charge in [-0.15, -0.1) is 35.3 Å². The maximum absolute atomic E-state index is 10.4. The predicted molar refractivity (Wildman–Crippen MR) is 57.8 cm³/mol. The van der Waals surface area contributed by atoms with Crippen LogP contribution in [0.4, 0.5) is 0 Å². The standard InChI is InChI=1S/C7H12O2S3/c1-7(3-2-6(8)9)11-4-10-5-12-7/h2-5H2,1H3,(H,8,9). The zero-order valence-corrected chi connectivity index (χ0v) is 9.36. The van der Waals surface area contributed by atoms with Crippen molar-refractivity contribution in [2.75, 3.05) is 10.2 Å². The van der Waals surface area contributed by atoms with Gasteiger partial charge in [0.15, 0.2) is 0 Å². The van der Waals surface area contributed by atoms with Crippen molar-refractivity contribution < 1.29 is 9.90 Å². The first-order valence-electron chi connectivity index (χ1n) is 3.70. The highest BCUT2D eigenvalue weighted by molar-refractivity contribution is 8.33. The maximum atomic E-state index is 10.4. The van der Waals surface area contributed by atoms with Gasteiger partial charge in [-0.05, 0) is 13.3 Å². The van der Waals surface area contributed by atoms with Crippen LogP contribution in [-0.4, -0.2) is 25.3 Å². The van der Waals surface area contributed by atoms with Gasteiger partial charge in [-0.1, -0.05) is 0 Å². The summed E-state index contributed by atoms with van der Waals surface area (Å²) in [6, 6.07) is 0. The molecule has 0 aromatic rings. The molecular formula is C7H12O2S3. The summed E-state index contributed by atoms with van der Waals surface area (Å²) in [6.45, 7) is 2.14. The third kappa shape index (κ3) is 3.49. The summed E-state index contributed by atoms with van der Waals surface area (Å²) >= 11 is 5.65. The smallest absolute Gasteiger partial charge is 0.303 e. The molecule has 0 bridgehead atoms. The van der Waals surface area contributed by atoms with Crippen LogP contribution in [0.15, 0.2) is 0 Å². The molecule has 0 aromatic heterocycles. The Bertz CT molecular complexity index is 166. The minimum atomic E-state index is -0.685. The van der Waals surface area contributed by atoms with E-state index in [9.17, 15) is 4.79 Å². The fourth-order valence-electron chi connectivity index (χ4n) is 0.887. The van der Waals surface area contributed by atoms with E-state index in [-0.39, 0.29) is 4.08 Å². The van der Waals surface area contributed by atoms with Crippen LogP contribution in [0.5, 0.6) is 0 Å². The first kappa shape index (κ1) is 10.6. The number of aliphatic carboxylic acids is 1. The fourth-order valence-corrected chi connectivity index (χ4v) is 6.12. The highest BCUT2D eigenvalue weighted by Gasteiger charge is 2.28. The third-order valence-electron chi connectivity index (χ3n) is 1.69. The van der Waals surface area contributed by atoms with Crippen molar-refractivity contribution in [1.29, 1.82) is 0 Å². The monoisotopic (exact) mass is 224 g/mol. The van der Waals surface area contributed by atoms with Gasteiger partial charge in [0.2, 0.25) is 0 Å². The Balaban J connectivity index is 2.31. The predicted octanol–water partition coefficient (Wildman–Crippen LogP) is 2.70. The first-order chi connectivity index (χ1) is 5.62. The fraction of sp³-hybridized carbons (Fsp3) is 0.857. The normalized spacial score (nSPS) is 22.1. The number of hydrogen-bond acceptors (Lipinski definition) is 4. The van der Waals surface area contributed by atoms with E-state index in [1.807, 2.05) is 35.3 Å². The van der Waals surface area contributed by atoms with Crippen molar-refractivity contribution in [3.05, 3.63) is 0 Å². The molecule has 0 atom stereocenters. The van der Waals surface area contributed by atoms with Crippen molar-refractivity contribution in [2.24, 2.45) is 0 Å². The third-order valence-corrected chi connectivity index (χ3v) is 6.30. The van der Waals surface area contributed by atoms with E-state index in [1.165, 1.54) is 0 Å². The second-order valence-electron chi connectivity index (χ2n) is 2.76. The van der Waals surface area contributed by atoms with Crippen LogP contribution >= 0.6 is 35.3 Å². The molecule has 0 saturated carbocycles. The summed E-state index contributed by atoms with van der Waals surface area (Å²) in [7, 11) is 0. The summed E-state index contributed by atoms with van der Waals surface area (Å²) in [5.74, 6) is -0.685. The number of carboxylic acids is 1. The molecule has 0 spiro atoms. The van der Waals surface area contributed by atoms with Crippen LogP contribution < -0.4 is 0 Å². The molecule has 1 rings (SSSR count). The quantitative estimate of drug-likeness (QED) is 0.797. The summed E-state index contributed by atoms with van der Waals surface area (Å²) in [6.07, 6.45) is 1.07. The Morgan fingerprint density at radius 3 is 2.58 bits per heavy atom. The van der Waals surface area contributed by atoms with Crippen LogP contribution in [0.1, 0.15) is 19.8 Å². The van der Waals surface area contributed by atoms with E-state index in [2.05, 4.69) is 6.92 Å². The molecule has 0 aromatic carbocycles. The van der Waals surface area contributed by atoms with Crippen molar-refractivity contribution in [2.45, 2.75) is 23.8 Å². The van der Waals surface area contributed by atoms with Crippen molar-refractivity contribution >= 4 is 41.3 Å². The van der Waals surface area contributed by atoms with Gasteiger partial charge in [-0.25, -0.2) is 0 Å². The molecule has 0 aliphatic carbocycles. The van der Waals surface area contributed by atoms with Gasteiger partial charge >= 0.3 is 5.97 Å². The number of hydrogen-bond donors (Lipinski definition) is 1. The molecule has 1 aliphatic rings. The van der Waals surface area contributed by atoms with E-state index >= 15 is 0 Å². The number of carboxylic acid groups (broad SMARTS) is 1. The lowest BCUT2D eigenvalue weighted by Gasteiger charge is -2.31. The molecule has 1 N–H and O–H groups in total. The molecule has 2 nitrogen and oxygen atoms in total. The lowest BCUT2D eigenvalue weighted by molar-refractivity contribution is -0.137. The lowest BCUT2D eigenvalue weighted by Crippen LogP contribution is -2.20. The molecule has 0 amide bonds. The van der Waals surface area contributed by atoms with Crippen molar-refractivity contribution in [3.8, 4) is 0 Å². The Morgan fingerprint density at radius 1 is 1.50 bits per heavy atom. The molecule has 0 radical (unpaired) electrons. The van der Waals surface area contributed by atoms with Gasteiger partial charge in [0.05, 0.1) is 4.08 Å². The Labute approximate surface area is 85.2 Å². The maximum Gasteiger partial charge on any atom is 0.303 e. The molecule has 1 heterocycles. The first-order valence-corrected chi connectivity index (χ1v) is 6.82. The second kappa shape index (κ2) is 4.67. The van der Waals surface area contributed by atoms with Crippen LogP contribution in [-0.2, 0) is 4.79 Å². The summed E-state index contributed by atoms with van der Waals surface area (Å²) in [4.78, 5) is 10.4. The topological polar surface area (TPSA) is 37.3 Å². The Hall–Kier alpha value is 0.520. The SMILES string of the molecule is CC1(CCC(=O)O)SCSCS1. The average molecular weight is 224 g/mol. The molecule has 5 heteroatoms. The van der Waals surface area contributed by atoms with Gasteiger partial charge in [-0.3, -0.25) is 4.79 Å². The highest BCUT2D eigenvalue weighted by Crippen LogP contribution is 2.47. The highest BCUT2D eigenvalue weighted by atomic mass is 32.3. The lowest BCUT2D eigenvalue weighted by atomic mass is 10.2. The Morgan fingerprint density at radius 2 is 2.08 bits per heavy atom. The van der Waals surface area contributed by atoms with Gasteiger partial charge < -0.3 is 5.11 Å². The zero-order chi connectivity index (χ0) is 9.03. The van der Waals surface area contributed by atoms with E-state index in [1.54, 1.807) is 0 Å². The number of thioether (sulfide) groups is 3. The van der Waals surface area contributed by atoms with Crippen LogP contribution in [0, 0.1) is 0 Å². The minimum absolute atomic E-state index is 0.142. The number of carbonyl (C=O) groups is 1. The van der Waals surface area contributed by atoms with Crippen molar-refractivity contribution in [1.82, 2.24) is 0 Å². The van der Waals surface area contributed by atoms with Crippen LogP contribution in [0.3, 0.4) is 0 Å². The molecule has 12 heavy (non-hydrogen) atoms. The van der Waals surface area contributed by atoms with Gasteiger partial charge in [-0.2, -0.15) is 0 Å². The van der Waals surface area contributed by atoms with Crippen LogP contribution in [0.25, 0.3) is 0 Å². The molecule has 1 fully saturated rings. The second-order valence-corrected chi connectivity index (χ2v) is 7.69. The van der Waals surface area contributed by atoms with Gasteiger partial charge in [0.25, 0.3) is 0 Å². The largest absolute Gasteiger partial charge is 0.481 e. The van der Waals surface area contributed by atoms with Gasteiger partial charge in [0, 0.05) is 16.6 Å². The molecular weight excluding hydrogens is 212 g/mol. The molecule has 0 unspecified atom stereocenters. The Kier molecular flexibility index (Phi) is 4.13. The summed E-state index contributed by atoms with van der Waals surface area (Å²) in [5.41, 5.74) is 0. The minimum Gasteiger partial charge on any atom is -0.481 e. The summed E-state index contributed by atoms with van der Waals surface area (Å²) in [5, 5.41) is 10.7. The summed E-state index contributed by atoms with van der Waals surface area (Å²) < 4.78 is 0.142.